The number of halogens is 1. The summed E-state index contributed by atoms with van der Waals surface area (Å²) in [5, 5.41) is 9.08. The Kier molecular flexibility index (Phi) is 3.85. The van der Waals surface area contributed by atoms with Gasteiger partial charge in [0.15, 0.2) is 5.69 Å². The summed E-state index contributed by atoms with van der Waals surface area (Å²) in [6.45, 7) is 4.08. The predicted molar refractivity (Wildman–Crippen MR) is 75.9 cm³/mol. The molecular formula is C16H11ClN2. The van der Waals surface area contributed by atoms with Gasteiger partial charge in [0.2, 0.25) is 0 Å². The van der Waals surface area contributed by atoms with Crippen molar-refractivity contribution in [2.24, 2.45) is 0 Å². The van der Waals surface area contributed by atoms with Gasteiger partial charge in [0.25, 0.3) is 0 Å². The topological polar surface area (TPSA) is 36.7 Å². The van der Waals surface area contributed by atoms with Gasteiger partial charge in [0.1, 0.15) is 6.07 Å². The number of benzene rings is 1. The molecule has 0 atom stereocenters. The van der Waals surface area contributed by atoms with Crippen LogP contribution < -0.4 is 0 Å². The van der Waals surface area contributed by atoms with E-state index in [0.717, 1.165) is 11.1 Å². The summed E-state index contributed by atoms with van der Waals surface area (Å²) in [6.07, 6.45) is 1.56. The molecule has 0 saturated heterocycles. The molecule has 0 bridgehead atoms. The molecule has 0 fully saturated rings. The van der Waals surface area contributed by atoms with Gasteiger partial charge in [-0.25, -0.2) is 4.98 Å². The fourth-order valence-electron chi connectivity index (χ4n) is 1.68. The average molecular weight is 267 g/mol. The lowest BCUT2D eigenvalue weighted by molar-refractivity contribution is 1.25. The highest BCUT2D eigenvalue weighted by molar-refractivity contribution is 6.31. The van der Waals surface area contributed by atoms with E-state index in [2.05, 4.69) is 29.8 Å². The summed E-state index contributed by atoms with van der Waals surface area (Å²) in [4.78, 5) is 3.95. The number of nitrogens with zero attached hydrogens (tertiary/aromatic N) is 2. The van der Waals surface area contributed by atoms with Crippen molar-refractivity contribution in [3.8, 4) is 17.9 Å². The van der Waals surface area contributed by atoms with E-state index >= 15 is 0 Å². The molecule has 2 nitrogen and oxygen atoms in total. The summed E-state index contributed by atoms with van der Waals surface area (Å²) in [5.41, 5.74) is 4.25. The lowest BCUT2D eigenvalue weighted by Gasteiger charge is -1.99. The van der Waals surface area contributed by atoms with Crippen LogP contribution >= 0.6 is 11.6 Å². The third-order valence-corrected chi connectivity index (χ3v) is 2.96. The first-order chi connectivity index (χ1) is 9.10. The Morgan fingerprint density at radius 3 is 2.58 bits per heavy atom. The number of rotatable bonds is 0. The van der Waals surface area contributed by atoms with Crippen LogP contribution in [0.3, 0.4) is 0 Å². The fraction of sp³-hybridized carbons (Fsp3) is 0.125. The molecule has 2 aromatic rings. The van der Waals surface area contributed by atoms with Crippen LogP contribution in [0.5, 0.6) is 0 Å². The van der Waals surface area contributed by atoms with Gasteiger partial charge < -0.3 is 0 Å². The van der Waals surface area contributed by atoms with Crippen LogP contribution in [0, 0.1) is 37.0 Å². The van der Waals surface area contributed by atoms with Crippen LogP contribution in [0.4, 0.5) is 0 Å². The van der Waals surface area contributed by atoms with Gasteiger partial charge in [-0.15, -0.1) is 0 Å². The smallest absolute Gasteiger partial charge is 0.159 e. The minimum atomic E-state index is 0.221. The first-order valence-corrected chi connectivity index (χ1v) is 6.13. The maximum atomic E-state index is 8.75. The molecule has 0 radical (unpaired) electrons. The highest BCUT2D eigenvalue weighted by Crippen LogP contribution is 2.14. The second kappa shape index (κ2) is 5.57. The van der Waals surface area contributed by atoms with Crippen LogP contribution in [0.15, 0.2) is 30.5 Å². The van der Waals surface area contributed by atoms with Gasteiger partial charge in [0, 0.05) is 17.3 Å². The Morgan fingerprint density at radius 2 is 1.95 bits per heavy atom. The van der Waals surface area contributed by atoms with Crippen molar-refractivity contribution < 1.29 is 0 Å². The average Bonchev–Trinajstić information content (AvgIpc) is 2.38. The fourth-order valence-corrected chi connectivity index (χ4v) is 1.89. The number of aryl methyl sites for hydroxylation is 2. The zero-order valence-electron chi connectivity index (χ0n) is 10.7. The molecule has 0 saturated carbocycles. The number of hydrogen-bond acceptors (Lipinski definition) is 2. The normalized spacial score (nSPS) is 9.37. The molecule has 92 valence electrons. The molecule has 1 aromatic heterocycles. The van der Waals surface area contributed by atoms with Gasteiger partial charge in [-0.3, -0.25) is 0 Å². The third kappa shape index (κ3) is 3.13. The van der Waals surface area contributed by atoms with Crippen molar-refractivity contribution in [3.63, 3.8) is 0 Å². The van der Waals surface area contributed by atoms with E-state index in [1.165, 1.54) is 5.56 Å². The van der Waals surface area contributed by atoms with Crippen molar-refractivity contribution in [2.75, 3.05) is 0 Å². The van der Waals surface area contributed by atoms with Gasteiger partial charge in [-0.05, 0) is 31.5 Å². The van der Waals surface area contributed by atoms with Crippen LogP contribution in [0.1, 0.15) is 27.9 Å². The molecule has 0 N–H and O–H groups in total. The van der Waals surface area contributed by atoms with Crippen LogP contribution in [-0.2, 0) is 0 Å². The number of nitriles is 1. The summed E-state index contributed by atoms with van der Waals surface area (Å²) in [7, 11) is 0. The Hall–Kier alpha value is -2.29. The number of hydrogen-bond donors (Lipinski definition) is 0. The maximum absolute atomic E-state index is 8.75. The first kappa shape index (κ1) is 13.1. The van der Waals surface area contributed by atoms with E-state index in [1.54, 1.807) is 12.3 Å². The molecule has 0 unspecified atom stereocenters. The molecule has 1 heterocycles. The lowest BCUT2D eigenvalue weighted by Crippen LogP contribution is -1.87. The lowest BCUT2D eigenvalue weighted by atomic mass is 10.1. The zero-order chi connectivity index (χ0) is 13.8. The SMILES string of the molecule is Cc1ccc(C#Cc2cnc(C#N)c(Cl)c2)c(C)c1. The van der Waals surface area contributed by atoms with Crippen molar-refractivity contribution in [3.05, 3.63) is 63.4 Å². The zero-order valence-corrected chi connectivity index (χ0v) is 11.4. The van der Waals surface area contributed by atoms with Crippen LogP contribution in [0.25, 0.3) is 0 Å². The Balaban J connectivity index is 2.34. The number of aromatic nitrogens is 1. The molecule has 0 aliphatic carbocycles. The Labute approximate surface area is 117 Å². The van der Waals surface area contributed by atoms with Gasteiger partial charge in [-0.2, -0.15) is 5.26 Å². The molecule has 0 aliphatic heterocycles. The molecule has 19 heavy (non-hydrogen) atoms. The van der Waals surface area contributed by atoms with E-state index in [9.17, 15) is 0 Å². The molecule has 3 heteroatoms. The molecule has 2 rings (SSSR count). The van der Waals surface area contributed by atoms with Gasteiger partial charge in [-0.1, -0.05) is 41.1 Å². The largest absolute Gasteiger partial charge is 0.243 e. The first-order valence-electron chi connectivity index (χ1n) is 5.75. The van der Waals surface area contributed by atoms with E-state index in [1.807, 2.05) is 25.1 Å². The second-order valence-electron chi connectivity index (χ2n) is 4.23. The predicted octanol–water partition coefficient (Wildman–Crippen LogP) is 3.62. The minimum absolute atomic E-state index is 0.221. The Bertz CT molecular complexity index is 731. The summed E-state index contributed by atoms with van der Waals surface area (Å²) >= 11 is 5.91. The number of pyridine rings is 1. The molecular weight excluding hydrogens is 256 g/mol. The van der Waals surface area contributed by atoms with Crippen molar-refractivity contribution in [1.82, 2.24) is 4.98 Å². The summed E-state index contributed by atoms with van der Waals surface area (Å²) < 4.78 is 0. The van der Waals surface area contributed by atoms with E-state index in [-0.39, 0.29) is 5.69 Å². The summed E-state index contributed by atoms with van der Waals surface area (Å²) in [6, 6.07) is 9.69. The van der Waals surface area contributed by atoms with E-state index < -0.39 is 0 Å². The van der Waals surface area contributed by atoms with Gasteiger partial charge in [0.05, 0.1) is 5.02 Å². The van der Waals surface area contributed by atoms with Crippen molar-refractivity contribution >= 4 is 11.6 Å². The van der Waals surface area contributed by atoms with Crippen LogP contribution in [0.2, 0.25) is 5.02 Å². The van der Waals surface area contributed by atoms with Crippen molar-refractivity contribution in [2.45, 2.75) is 13.8 Å². The van der Waals surface area contributed by atoms with E-state index in [0.29, 0.717) is 10.6 Å². The quantitative estimate of drug-likeness (QED) is 0.683. The second-order valence-corrected chi connectivity index (χ2v) is 4.64. The molecule has 0 amide bonds. The highest BCUT2D eigenvalue weighted by atomic mass is 35.5. The third-order valence-electron chi connectivity index (χ3n) is 2.67. The maximum Gasteiger partial charge on any atom is 0.159 e. The summed E-state index contributed by atoms with van der Waals surface area (Å²) in [5.74, 6) is 6.10. The Morgan fingerprint density at radius 1 is 1.16 bits per heavy atom. The van der Waals surface area contributed by atoms with Gasteiger partial charge >= 0.3 is 0 Å². The molecule has 0 spiro atoms. The monoisotopic (exact) mass is 266 g/mol. The van der Waals surface area contributed by atoms with Crippen LogP contribution in [-0.4, -0.2) is 4.98 Å². The molecule has 1 aromatic carbocycles. The highest BCUT2D eigenvalue weighted by Gasteiger charge is 2.00. The van der Waals surface area contributed by atoms with E-state index in [4.69, 9.17) is 16.9 Å². The minimum Gasteiger partial charge on any atom is -0.243 e. The standard InChI is InChI=1S/C16H11ClN2/c1-11-3-5-14(12(2)7-11)6-4-13-8-15(17)16(9-18)19-10-13/h3,5,7-8,10H,1-2H3. The van der Waals surface area contributed by atoms with Crippen molar-refractivity contribution in [1.29, 1.82) is 5.26 Å². The molecule has 0 aliphatic rings.